The smallest absolute Gasteiger partial charge is 0.191 e. The van der Waals surface area contributed by atoms with Crippen molar-refractivity contribution in [1.82, 2.24) is 10.6 Å². The molecule has 1 heterocycles. The normalized spacial score (nSPS) is 20.9. The molecule has 1 saturated heterocycles. The van der Waals surface area contributed by atoms with Crippen molar-refractivity contribution in [3.8, 4) is 0 Å². The van der Waals surface area contributed by atoms with Crippen molar-refractivity contribution >= 4 is 29.9 Å². The molecule has 1 unspecified atom stereocenters. The lowest BCUT2D eigenvalue weighted by Crippen LogP contribution is -2.47. The van der Waals surface area contributed by atoms with Crippen LogP contribution in [0.15, 0.2) is 35.3 Å². The predicted molar refractivity (Wildman–Crippen MR) is 114 cm³/mol. The van der Waals surface area contributed by atoms with Crippen molar-refractivity contribution in [3.63, 3.8) is 0 Å². The van der Waals surface area contributed by atoms with Crippen LogP contribution in [-0.4, -0.2) is 51.0 Å². The second-order valence-corrected chi connectivity index (χ2v) is 7.31. The maximum atomic E-state index is 9.32. The summed E-state index contributed by atoms with van der Waals surface area (Å²) in [5, 5.41) is 16.2. The third-order valence-corrected chi connectivity index (χ3v) is 4.93. The van der Waals surface area contributed by atoms with Gasteiger partial charge in [0.15, 0.2) is 5.96 Å². The monoisotopic (exact) mass is 461 g/mol. The minimum Gasteiger partial charge on any atom is -0.396 e. The van der Waals surface area contributed by atoms with Crippen molar-refractivity contribution in [2.75, 3.05) is 40.0 Å². The summed E-state index contributed by atoms with van der Waals surface area (Å²) in [6, 6.07) is 10.5. The van der Waals surface area contributed by atoms with Gasteiger partial charge >= 0.3 is 0 Å². The van der Waals surface area contributed by atoms with Crippen molar-refractivity contribution in [2.45, 2.75) is 32.1 Å². The molecule has 0 aromatic heterocycles. The second kappa shape index (κ2) is 10.3. The Morgan fingerprint density at radius 2 is 2.00 bits per heavy atom. The van der Waals surface area contributed by atoms with E-state index < -0.39 is 0 Å². The number of nitrogens with one attached hydrogen (secondary N) is 2. The molecule has 1 atom stereocenters. The topological polar surface area (TPSA) is 65.9 Å². The van der Waals surface area contributed by atoms with E-state index in [1.165, 1.54) is 5.56 Å². The number of halogens is 1. The molecule has 0 spiro atoms. The molecular weight excluding hydrogens is 429 g/mol. The van der Waals surface area contributed by atoms with Crippen LogP contribution in [0.1, 0.15) is 32.3 Å². The fourth-order valence-corrected chi connectivity index (χ4v) is 3.10. The van der Waals surface area contributed by atoms with Crippen LogP contribution in [0, 0.1) is 5.41 Å². The molecule has 1 aliphatic heterocycles. The van der Waals surface area contributed by atoms with E-state index in [0.717, 1.165) is 38.5 Å². The molecule has 3 N–H and O–H groups in total. The van der Waals surface area contributed by atoms with Crippen LogP contribution in [0.25, 0.3) is 0 Å². The van der Waals surface area contributed by atoms with E-state index in [2.05, 4.69) is 53.7 Å². The molecule has 1 fully saturated rings. The summed E-state index contributed by atoms with van der Waals surface area (Å²) >= 11 is 0. The Morgan fingerprint density at radius 3 is 2.56 bits per heavy atom. The lowest BCUT2D eigenvalue weighted by molar-refractivity contribution is 0.127. The van der Waals surface area contributed by atoms with E-state index in [1.807, 2.05) is 6.07 Å². The summed E-state index contributed by atoms with van der Waals surface area (Å²) in [5.41, 5.74) is 1.33. The van der Waals surface area contributed by atoms with Crippen LogP contribution in [0.2, 0.25) is 0 Å². The molecule has 5 nitrogen and oxygen atoms in total. The molecular formula is C19H32IN3O2. The van der Waals surface area contributed by atoms with E-state index >= 15 is 0 Å². The third kappa shape index (κ3) is 6.42. The van der Waals surface area contributed by atoms with E-state index in [4.69, 9.17) is 4.74 Å². The standard InChI is InChI=1S/C19H31N3O2.HI/c1-18(2,16-7-5-4-6-8-16)13-21-17(20-3)22-14-19(9-11-23)10-12-24-15-19;/h4-8,23H,9-15H2,1-3H3,(H2,20,21,22);1H. The molecule has 2 rings (SSSR count). The van der Waals surface area contributed by atoms with Gasteiger partial charge < -0.3 is 20.5 Å². The molecule has 1 aromatic rings. The first kappa shape index (κ1) is 22.2. The van der Waals surface area contributed by atoms with Gasteiger partial charge in [0, 0.05) is 44.2 Å². The number of ether oxygens (including phenoxy) is 1. The summed E-state index contributed by atoms with van der Waals surface area (Å²) in [5.74, 6) is 0.795. The van der Waals surface area contributed by atoms with Crippen LogP contribution >= 0.6 is 24.0 Å². The van der Waals surface area contributed by atoms with Crippen LogP contribution in [0.3, 0.4) is 0 Å². The molecule has 1 aliphatic rings. The van der Waals surface area contributed by atoms with E-state index in [0.29, 0.717) is 6.61 Å². The maximum absolute atomic E-state index is 9.32. The zero-order chi connectivity index (χ0) is 17.5. The van der Waals surface area contributed by atoms with Gasteiger partial charge in [-0.25, -0.2) is 0 Å². The lowest BCUT2D eigenvalue weighted by atomic mass is 9.84. The Balaban J connectivity index is 0.00000312. The molecule has 25 heavy (non-hydrogen) atoms. The Kier molecular flexibility index (Phi) is 9.16. The fourth-order valence-electron chi connectivity index (χ4n) is 3.10. The van der Waals surface area contributed by atoms with Crippen molar-refractivity contribution in [2.24, 2.45) is 10.4 Å². The second-order valence-electron chi connectivity index (χ2n) is 7.31. The van der Waals surface area contributed by atoms with Gasteiger partial charge in [0.1, 0.15) is 0 Å². The Hall–Kier alpha value is -0.860. The summed E-state index contributed by atoms with van der Waals surface area (Å²) < 4.78 is 5.54. The van der Waals surface area contributed by atoms with Crippen LogP contribution < -0.4 is 10.6 Å². The lowest BCUT2D eigenvalue weighted by Gasteiger charge is -2.30. The van der Waals surface area contributed by atoms with E-state index in [9.17, 15) is 5.11 Å². The highest BCUT2D eigenvalue weighted by atomic mass is 127. The first-order valence-corrected chi connectivity index (χ1v) is 8.70. The predicted octanol–water partition coefficient (Wildman–Crippen LogP) is 2.54. The number of hydrogen-bond acceptors (Lipinski definition) is 3. The van der Waals surface area contributed by atoms with Crippen LogP contribution in [-0.2, 0) is 10.2 Å². The highest BCUT2D eigenvalue weighted by molar-refractivity contribution is 14.0. The van der Waals surface area contributed by atoms with Crippen molar-refractivity contribution < 1.29 is 9.84 Å². The van der Waals surface area contributed by atoms with Crippen molar-refractivity contribution in [3.05, 3.63) is 35.9 Å². The quantitative estimate of drug-likeness (QED) is 0.332. The molecule has 0 bridgehead atoms. The largest absolute Gasteiger partial charge is 0.396 e. The molecule has 0 amide bonds. The zero-order valence-corrected chi connectivity index (χ0v) is 17.9. The number of aliphatic hydroxyl groups is 1. The number of benzene rings is 1. The van der Waals surface area contributed by atoms with Gasteiger partial charge in [0.05, 0.1) is 6.61 Å². The van der Waals surface area contributed by atoms with Gasteiger partial charge in [-0.2, -0.15) is 0 Å². The SMILES string of the molecule is CN=C(NCC1(CCO)CCOC1)NCC(C)(C)c1ccccc1.I. The van der Waals surface area contributed by atoms with E-state index in [1.54, 1.807) is 7.05 Å². The number of nitrogens with zero attached hydrogens (tertiary/aromatic N) is 1. The summed E-state index contributed by atoms with van der Waals surface area (Å²) in [6.07, 6.45) is 1.74. The minimum absolute atomic E-state index is 0. The van der Waals surface area contributed by atoms with Gasteiger partial charge in [-0.1, -0.05) is 44.2 Å². The fraction of sp³-hybridized carbons (Fsp3) is 0.632. The van der Waals surface area contributed by atoms with E-state index in [-0.39, 0.29) is 41.4 Å². The molecule has 0 radical (unpaired) electrons. The molecule has 142 valence electrons. The average Bonchev–Trinajstić information content (AvgIpc) is 3.05. The zero-order valence-electron chi connectivity index (χ0n) is 15.5. The number of guanidine groups is 1. The highest BCUT2D eigenvalue weighted by Gasteiger charge is 2.34. The van der Waals surface area contributed by atoms with Gasteiger partial charge in [-0.15, -0.1) is 24.0 Å². The van der Waals surface area contributed by atoms with Gasteiger partial charge in [-0.3, -0.25) is 4.99 Å². The summed E-state index contributed by atoms with van der Waals surface area (Å²) in [7, 11) is 1.79. The highest BCUT2D eigenvalue weighted by Crippen LogP contribution is 2.31. The third-order valence-electron chi connectivity index (χ3n) is 4.93. The van der Waals surface area contributed by atoms with Gasteiger partial charge in [-0.05, 0) is 18.4 Å². The number of aliphatic imine (C=N–C) groups is 1. The Bertz CT molecular complexity index is 529. The Morgan fingerprint density at radius 1 is 1.28 bits per heavy atom. The van der Waals surface area contributed by atoms with Crippen molar-refractivity contribution in [1.29, 1.82) is 0 Å². The minimum atomic E-state index is 0. The number of rotatable bonds is 7. The Labute approximate surface area is 168 Å². The molecule has 1 aromatic carbocycles. The molecule has 0 saturated carbocycles. The first-order chi connectivity index (χ1) is 11.5. The summed E-state index contributed by atoms with van der Waals surface area (Å²) in [4.78, 5) is 4.33. The van der Waals surface area contributed by atoms with Crippen LogP contribution in [0.5, 0.6) is 0 Å². The van der Waals surface area contributed by atoms with Gasteiger partial charge in [0.2, 0.25) is 0 Å². The van der Waals surface area contributed by atoms with Gasteiger partial charge in [0.25, 0.3) is 0 Å². The average molecular weight is 461 g/mol. The van der Waals surface area contributed by atoms with Crippen LogP contribution in [0.4, 0.5) is 0 Å². The maximum Gasteiger partial charge on any atom is 0.191 e. The first-order valence-electron chi connectivity index (χ1n) is 8.70. The summed E-state index contributed by atoms with van der Waals surface area (Å²) in [6.45, 7) is 7.67. The molecule has 6 heteroatoms. The number of hydrogen-bond donors (Lipinski definition) is 3. The molecule has 0 aliphatic carbocycles. The number of aliphatic hydroxyl groups excluding tert-OH is 1.